The Morgan fingerprint density at radius 3 is 1.16 bits per heavy atom. The number of aromatic amines is 1. The van der Waals surface area contributed by atoms with Crippen molar-refractivity contribution in [3.63, 3.8) is 0 Å². The first-order valence-electron chi connectivity index (χ1n) is 34.4. The normalized spacial score (nSPS) is 11.3. The number of halogens is 1. The van der Waals surface area contributed by atoms with E-state index < -0.39 is 0 Å². The Kier molecular flexibility index (Phi) is 16.6. The fourth-order valence-corrected chi connectivity index (χ4v) is 13.7. The van der Waals surface area contributed by atoms with Gasteiger partial charge in [-0.05, 0) is 141 Å². The second-order valence-electron chi connectivity index (χ2n) is 25.2. The van der Waals surface area contributed by atoms with Crippen LogP contribution in [-0.4, -0.2) is 69.4 Å². The molecule has 0 bridgehead atoms. The second kappa shape index (κ2) is 27.7. The molecular weight excluding hydrogens is 1310 g/mol. The molecule has 6 heterocycles. The molecule has 6 aromatic heterocycles. The zero-order valence-electron chi connectivity index (χ0n) is 56.2. The topological polar surface area (TPSA) is 159 Å². The van der Waals surface area contributed by atoms with E-state index in [0.29, 0.717) is 29.2 Å². The van der Waals surface area contributed by atoms with Gasteiger partial charge in [0, 0.05) is 43.8 Å². The number of para-hydroxylation sites is 4. The lowest BCUT2D eigenvalue weighted by atomic mass is 10.0. The summed E-state index contributed by atoms with van der Waals surface area (Å²) in [6.07, 6.45) is 0. The van der Waals surface area contributed by atoms with Gasteiger partial charge < -0.3 is 0 Å². The van der Waals surface area contributed by atoms with Crippen molar-refractivity contribution in [2.24, 2.45) is 0 Å². The van der Waals surface area contributed by atoms with Gasteiger partial charge in [-0.1, -0.05) is 272 Å². The molecule has 0 saturated carbocycles. The molecule has 0 aliphatic carbocycles. The summed E-state index contributed by atoms with van der Waals surface area (Å²) in [7, 11) is 0. The van der Waals surface area contributed by atoms with E-state index in [1.165, 1.54) is 5.39 Å². The van der Waals surface area contributed by atoms with E-state index in [-0.39, 0.29) is 5.28 Å². The van der Waals surface area contributed by atoms with Crippen LogP contribution in [0.1, 0.15) is 0 Å². The molecule has 105 heavy (non-hydrogen) atoms. The van der Waals surface area contributed by atoms with Crippen molar-refractivity contribution in [3.05, 3.63) is 357 Å². The molecule has 14 nitrogen and oxygen atoms in total. The third-order valence-corrected chi connectivity index (χ3v) is 18.8. The zero-order chi connectivity index (χ0) is 70.0. The maximum absolute atomic E-state index is 6.30. The van der Waals surface area contributed by atoms with Crippen molar-refractivity contribution < 1.29 is 0 Å². The van der Waals surface area contributed by atoms with E-state index in [1.807, 2.05) is 155 Å². The zero-order valence-corrected chi connectivity index (χ0v) is 56.9. The van der Waals surface area contributed by atoms with Crippen molar-refractivity contribution in [1.82, 2.24) is 69.4 Å². The maximum Gasteiger partial charge on any atom is 0.238 e. The van der Waals surface area contributed by atoms with E-state index >= 15 is 0 Å². The van der Waals surface area contributed by atoms with Crippen LogP contribution in [0.4, 0.5) is 0 Å². The largest absolute Gasteiger partial charge is 0.278 e. The van der Waals surface area contributed by atoms with E-state index in [0.717, 1.165) is 138 Å². The van der Waals surface area contributed by atoms with Crippen molar-refractivity contribution in [2.45, 2.75) is 0 Å². The molecule has 15 heteroatoms. The van der Waals surface area contributed by atoms with Gasteiger partial charge in [0.1, 0.15) is 11.0 Å². The van der Waals surface area contributed by atoms with Gasteiger partial charge in [-0.25, -0.2) is 29.5 Å². The number of aromatic nitrogens is 14. The van der Waals surface area contributed by atoms with Crippen molar-refractivity contribution >= 4 is 77.3 Å². The van der Waals surface area contributed by atoms with Crippen LogP contribution in [-0.2, 0) is 0 Å². The van der Waals surface area contributed by atoms with Gasteiger partial charge in [0.15, 0.2) is 23.3 Å². The quantitative estimate of drug-likeness (QED) is 0.132. The molecule has 0 fully saturated rings. The third-order valence-electron chi connectivity index (χ3n) is 18.6. The molecule has 0 atom stereocenters. The van der Waals surface area contributed by atoms with Crippen LogP contribution in [0, 0.1) is 0 Å². The fraction of sp³-hybridized carbons (Fsp3) is 0. The predicted octanol–water partition coefficient (Wildman–Crippen LogP) is 21.6. The minimum absolute atomic E-state index is 0.176. The second-order valence-corrected chi connectivity index (χ2v) is 25.6. The minimum Gasteiger partial charge on any atom is -0.278 e. The predicted molar refractivity (Wildman–Crippen MR) is 423 cm³/mol. The van der Waals surface area contributed by atoms with E-state index in [2.05, 4.69) is 246 Å². The highest BCUT2D eigenvalue weighted by Crippen LogP contribution is 2.38. The molecular formula is C90H59ClN14. The number of nitrogens with one attached hydrogen (secondary N) is 1. The highest BCUT2D eigenvalue weighted by Gasteiger charge is 2.22. The minimum atomic E-state index is 0.176. The number of rotatable bonds is 11. The number of hydrogen-bond donors (Lipinski definition) is 1. The van der Waals surface area contributed by atoms with Gasteiger partial charge in [-0.15, -0.1) is 5.10 Å². The Morgan fingerprint density at radius 1 is 0.248 bits per heavy atom. The lowest BCUT2D eigenvalue weighted by molar-refractivity contribution is 0.824. The van der Waals surface area contributed by atoms with Crippen LogP contribution >= 0.6 is 11.6 Å². The van der Waals surface area contributed by atoms with Crippen LogP contribution in [0.15, 0.2) is 352 Å². The summed E-state index contributed by atoms with van der Waals surface area (Å²) in [6, 6.07) is 120. The number of hydrogen-bond acceptors (Lipinski definition) is 10. The highest BCUT2D eigenvalue weighted by molar-refractivity contribution is 6.28. The average Bonchev–Trinajstić information content (AvgIpc) is 1.57. The summed E-state index contributed by atoms with van der Waals surface area (Å²) in [5.74, 6) is 2.81. The molecule has 0 amide bonds. The first-order chi connectivity index (χ1) is 51.9. The van der Waals surface area contributed by atoms with Crippen LogP contribution in [0.3, 0.4) is 0 Å². The van der Waals surface area contributed by atoms with Crippen molar-refractivity contribution in [3.8, 4) is 107 Å². The lowest BCUT2D eigenvalue weighted by Gasteiger charge is -2.12. The van der Waals surface area contributed by atoms with Gasteiger partial charge in [0.25, 0.3) is 0 Å². The molecule has 0 aliphatic heterocycles. The SMILES string of the molecule is Clc1nc(-c2cccc(-c3ccccc3)c2)nc(-c2cccc(-c3ccccc3)c2)n1.c1ccc(-c2cccc(-c3nc(-c4cccc(-c5ccccc5)c4)nc(-n4c5ccccc5c5cc6c(cc54)nnn6-c4ccccc4)n3)c2)cc1.c1ccc(-n2[nH]nc3cc4nc5ccccc5c4cc32)cc1. The third kappa shape index (κ3) is 12.7. The molecule has 0 radical (unpaired) electrons. The molecule has 0 saturated heterocycles. The summed E-state index contributed by atoms with van der Waals surface area (Å²) in [4.78, 5) is 33.8. The van der Waals surface area contributed by atoms with Crippen LogP contribution in [0.5, 0.6) is 0 Å². The van der Waals surface area contributed by atoms with Crippen LogP contribution in [0.2, 0.25) is 5.28 Å². The van der Waals surface area contributed by atoms with Gasteiger partial charge in [-0.2, -0.15) is 25.0 Å². The maximum atomic E-state index is 6.30. The summed E-state index contributed by atoms with van der Waals surface area (Å²) in [5, 5.41) is 21.3. The average molecular weight is 1370 g/mol. The monoisotopic (exact) mass is 1370 g/mol. The van der Waals surface area contributed by atoms with Crippen LogP contribution in [0.25, 0.3) is 173 Å². The Hall–Kier alpha value is -14.2. The number of fused-ring (bicyclic) bond motifs is 8. The summed E-state index contributed by atoms with van der Waals surface area (Å²) >= 11 is 6.30. The van der Waals surface area contributed by atoms with Gasteiger partial charge in [0.05, 0.1) is 44.5 Å². The summed E-state index contributed by atoms with van der Waals surface area (Å²) in [5.41, 5.74) is 22.1. The van der Waals surface area contributed by atoms with Crippen molar-refractivity contribution in [1.29, 1.82) is 0 Å². The highest BCUT2D eigenvalue weighted by atomic mass is 35.5. The molecule has 20 aromatic rings. The van der Waals surface area contributed by atoms with Crippen LogP contribution < -0.4 is 0 Å². The van der Waals surface area contributed by atoms with Gasteiger partial charge >= 0.3 is 0 Å². The molecule has 20 rings (SSSR count). The van der Waals surface area contributed by atoms with Crippen molar-refractivity contribution in [2.75, 3.05) is 0 Å². The molecule has 496 valence electrons. The summed E-state index contributed by atoms with van der Waals surface area (Å²) in [6.45, 7) is 0. The number of benzene rings is 14. The lowest BCUT2D eigenvalue weighted by Crippen LogP contribution is -2.06. The standard InChI is InChI=1S/C45H29N7.C27H18ClN3.C18H12N4/c1-4-14-30(15-5-1)32-18-12-20-34(26-32)43-46-44(35-21-13-19-33(27-35)31-16-6-2-7-17-31)48-45(47-43)51-40-25-11-10-24-37(40)38-28-42-39(29-41(38)51)49-50-52(42)36-22-8-3-9-23-36;28-27-30-25(23-15-7-13-21(17-23)19-9-3-1-4-10-19)29-26(31-27)24-16-8-14-22(18-24)20-11-5-2-6-12-20;1-2-6-12(7-3-1)22-18-10-14-13-8-4-5-9-15(13)19-16(14)11-17(18)20-21-22/h1-29H;1-18H;1-11,21H. The summed E-state index contributed by atoms with van der Waals surface area (Å²) < 4.78 is 6.01. The van der Waals surface area contributed by atoms with E-state index in [1.54, 1.807) is 0 Å². The first-order valence-corrected chi connectivity index (χ1v) is 34.8. The molecule has 0 spiro atoms. The van der Waals surface area contributed by atoms with Gasteiger partial charge in [-0.3, -0.25) is 4.57 Å². The first kappa shape index (κ1) is 63.0. The van der Waals surface area contributed by atoms with E-state index in [4.69, 9.17) is 31.5 Å². The smallest absolute Gasteiger partial charge is 0.238 e. The number of nitrogens with zero attached hydrogens (tertiary/aromatic N) is 13. The Balaban J connectivity index is 0.000000124. The van der Waals surface area contributed by atoms with Gasteiger partial charge in [0.2, 0.25) is 11.2 Å². The Bertz CT molecular complexity index is 6340. The molecule has 14 aromatic carbocycles. The molecule has 0 unspecified atom stereocenters. The molecule has 0 aliphatic rings. The molecule has 1 N–H and O–H groups in total. The Labute approximate surface area is 607 Å². The fourth-order valence-electron chi connectivity index (χ4n) is 13.6. The Morgan fingerprint density at radius 2 is 0.657 bits per heavy atom. The number of H-pyrrole nitrogens is 1. The van der Waals surface area contributed by atoms with E-state index in [9.17, 15) is 0 Å².